The maximum atomic E-state index is 13.0. The Morgan fingerprint density at radius 2 is 1.94 bits per heavy atom. The Morgan fingerprint density at radius 3 is 2.53 bits per heavy atom. The SMILES string of the molecule is COCCCN(CC(=O)Nc1cc(C(C)(C)C)nn1-c1ccc(C)cc1C)C(=O)C1CC1. The second kappa shape index (κ2) is 9.86. The van der Waals surface area contributed by atoms with Gasteiger partial charge in [0, 0.05) is 37.7 Å². The van der Waals surface area contributed by atoms with Crippen LogP contribution in [0.5, 0.6) is 0 Å². The lowest BCUT2D eigenvalue weighted by Gasteiger charge is -2.22. The highest BCUT2D eigenvalue weighted by molar-refractivity contribution is 5.94. The molecule has 3 rings (SSSR count). The van der Waals surface area contributed by atoms with E-state index in [1.165, 1.54) is 5.56 Å². The Hall–Kier alpha value is -2.67. The number of rotatable bonds is 9. The van der Waals surface area contributed by atoms with Crippen LogP contribution in [0.1, 0.15) is 56.9 Å². The van der Waals surface area contributed by atoms with Gasteiger partial charge >= 0.3 is 0 Å². The summed E-state index contributed by atoms with van der Waals surface area (Å²) in [5.74, 6) is 0.526. The molecule has 0 atom stereocenters. The highest BCUT2D eigenvalue weighted by Crippen LogP contribution is 2.31. The van der Waals surface area contributed by atoms with Gasteiger partial charge in [-0.2, -0.15) is 5.10 Å². The van der Waals surface area contributed by atoms with Crippen molar-refractivity contribution in [3.8, 4) is 5.69 Å². The van der Waals surface area contributed by atoms with Crippen LogP contribution in [0.2, 0.25) is 0 Å². The molecule has 2 amide bonds. The highest BCUT2D eigenvalue weighted by atomic mass is 16.5. The number of hydrogen-bond acceptors (Lipinski definition) is 4. The minimum atomic E-state index is -0.220. The number of carbonyl (C=O) groups is 2. The quantitative estimate of drug-likeness (QED) is 0.598. The predicted molar refractivity (Wildman–Crippen MR) is 126 cm³/mol. The molecule has 1 heterocycles. The van der Waals surface area contributed by atoms with Gasteiger partial charge in [-0.25, -0.2) is 4.68 Å². The number of hydrogen-bond donors (Lipinski definition) is 1. The highest BCUT2D eigenvalue weighted by Gasteiger charge is 2.34. The molecule has 1 aromatic heterocycles. The molecule has 1 aliphatic carbocycles. The van der Waals surface area contributed by atoms with Gasteiger partial charge in [-0.3, -0.25) is 9.59 Å². The van der Waals surface area contributed by atoms with Crippen molar-refractivity contribution in [3.63, 3.8) is 0 Å². The Kier molecular flexibility index (Phi) is 7.39. The van der Waals surface area contributed by atoms with Crippen molar-refractivity contribution < 1.29 is 14.3 Å². The van der Waals surface area contributed by atoms with Crippen LogP contribution in [0.3, 0.4) is 0 Å². The van der Waals surface area contributed by atoms with E-state index >= 15 is 0 Å². The van der Waals surface area contributed by atoms with E-state index < -0.39 is 0 Å². The fourth-order valence-electron chi connectivity index (χ4n) is 3.67. The van der Waals surface area contributed by atoms with Crippen molar-refractivity contribution in [2.75, 3.05) is 32.1 Å². The third kappa shape index (κ3) is 5.97. The second-order valence-corrected chi connectivity index (χ2v) is 9.80. The third-order valence-electron chi connectivity index (χ3n) is 5.67. The number of aryl methyl sites for hydroxylation is 2. The molecule has 1 fully saturated rings. The molecule has 0 bridgehead atoms. The first-order valence-electron chi connectivity index (χ1n) is 11.4. The largest absolute Gasteiger partial charge is 0.385 e. The number of anilines is 1. The lowest BCUT2D eigenvalue weighted by molar-refractivity contribution is -0.136. The molecule has 0 radical (unpaired) electrons. The first kappa shape index (κ1) is 24.0. The fraction of sp³-hybridized carbons (Fsp3) is 0.560. The maximum Gasteiger partial charge on any atom is 0.245 e. The van der Waals surface area contributed by atoms with Gasteiger partial charge in [-0.15, -0.1) is 0 Å². The summed E-state index contributed by atoms with van der Waals surface area (Å²) in [7, 11) is 1.64. The Bertz CT molecular complexity index is 970. The standard InChI is InChI=1S/C25H36N4O3/c1-17-8-11-20(18(2)14-17)29-22(15-21(27-29)25(3,4)5)26-23(30)16-28(12-7-13-32-6)24(31)19-9-10-19/h8,11,14-15,19H,7,9-10,12-13,16H2,1-6H3,(H,26,30). The molecule has 32 heavy (non-hydrogen) atoms. The summed E-state index contributed by atoms with van der Waals surface area (Å²) in [5.41, 5.74) is 3.89. The minimum Gasteiger partial charge on any atom is -0.385 e. The van der Waals surface area contributed by atoms with Crippen LogP contribution in [-0.2, 0) is 19.7 Å². The van der Waals surface area contributed by atoms with Crippen LogP contribution in [0, 0.1) is 19.8 Å². The predicted octanol–water partition coefficient (Wildman–Crippen LogP) is 4.00. The van der Waals surface area contributed by atoms with Crippen LogP contribution in [0.15, 0.2) is 24.3 Å². The average molecular weight is 441 g/mol. The smallest absolute Gasteiger partial charge is 0.245 e. The summed E-state index contributed by atoms with van der Waals surface area (Å²) in [5, 5.41) is 7.83. The number of benzene rings is 1. The first-order valence-corrected chi connectivity index (χ1v) is 11.4. The molecule has 1 aliphatic rings. The molecule has 2 aromatic rings. The number of ether oxygens (including phenoxy) is 1. The summed E-state index contributed by atoms with van der Waals surface area (Å²) in [6.07, 6.45) is 2.53. The molecule has 7 heteroatoms. The Balaban J connectivity index is 1.83. The van der Waals surface area contributed by atoms with Crippen LogP contribution >= 0.6 is 0 Å². The molecule has 0 unspecified atom stereocenters. The number of nitrogens with zero attached hydrogens (tertiary/aromatic N) is 3. The van der Waals surface area contributed by atoms with Crippen LogP contribution in [0.25, 0.3) is 5.69 Å². The molecule has 1 saturated carbocycles. The summed E-state index contributed by atoms with van der Waals surface area (Å²) < 4.78 is 6.91. The van der Waals surface area contributed by atoms with E-state index in [2.05, 4.69) is 39.1 Å². The lowest BCUT2D eigenvalue weighted by atomic mass is 9.92. The van der Waals surface area contributed by atoms with Crippen molar-refractivity contribution >= 4 is 17.6 Å². The lowest BCUT2D eigenvalue weighted by Crippen LogP contribution is -2.40. The van der Waals surface area contributed by atoms with Gasteiger partial charge in [0.25, 0.3) is 0 Å². The number of nitrogens with one attached hydrogen (secondary N) is 1. The van der Waals surface area contributed by atoms with Crippen molar-refractivity contribution in [3.05, 3.63) is 41.1 Å². The second-order valence-electron chi connectivity index (χ2n) is 9.80. The van der Waals surface area contributed by atoms with E-state index in [1.54, 1.807) is 16.7 Å². The molecule has 0 spiro atoms. The summed E-state index contributed by atoms with van der Waals surface area (Å²) in [6.45, 7) is 11.5. The molecule has 1 N–H and O–H groups in total. The number of amides is 2. The zero-order valence-corrected chi connectivity index (χ0v) is 20.2. The van der Waals surface area contributed by atoms with Crippen LogP contribution in [-0.4, -0.2) is 53.3 Å². The monoisotopic (exact) mass is 440 g/mol. The Morgan fingerprint density at radius 1 is 1.22 bits per heavy atom. The maximum absolute atomic E-state index is 13.0. The first-order chi connectivity index (χ1) is 15.1. The average Bonchev–Trinajstić information content (AvgIpc) is 3.47. The molecular formula is C25H36N4O3. The van der Waals surface area contributed by atoms with Crippen molar-refractivity contribution in [2.45, 2.75) is 59.3 Å². The van der Waals surface area contributed by atoms with Crippen LogP contribution in [0.4, 0.5) is 5.82 Å². The van der Waals surface area contributed by atoms with E-state index in [0.717, 1.165) is 29.8 Å². The molecule has 174 valence electrons. The molecule has 0 aliphatic heterocycles. The van der Waals surface area contributed by atoms with Crippen molar-refractivity contribution in [1.29, 1.82) is 0 Å². The van der Waals surface area contributed by atoms with Gasteiger partial charge in [0.2, 0.25) is 11.8 Å². The van der Waals surface area contributed by atoms with E-state index in [0.29, 0.717) is 25.4 Å². The van der Waals surface area contributed by atoms with Gasteiger partial charge < -0.3 is 15.0 Å². The van der Waals surface area contributed by atoms with E-state index in [1.807, 2.05) is 25.1 Å². The van der Waals surface area contributed by atoms with Gasteiger partial charge in [0.15, 0.2) is 0 Å². The van der Waals surface area contributed by atoms with Crippen LogP contribution < -0.4 is 5.32 Å². The number of aromatic nitrogens is 2. The van der Waals surface area contributed by atoms with E-state index in [9.17, 15) is 9.59 Å². The molecule has 7 nitrogen and oxygen atoms in total. The van der Waals surface area contributed by atoms with Gasteiger partial charge in [-0.05, 0) is 44.7 Å². The van der Waals surface area contributed by atoms with Gasteiger partial charge in [0.05, 0.1) is 17.9 Å². The van der Waals surface area contributed by atoms with Gasteiger partial charge in [-0.1, -0.05) is 38.5 Å². The third-order valence-corrected chi connectivity index (χ3v) is 5.67. The summed E-state index contributed by atoms with van der Waals surface area (Å²) in [6, 6.07) is 8.09. The molecule has 0 saturated heterocycles. The minimum absolute atomic E-state index is 0.0297. The Labute approximate surface area is 191 Å². The summed E-state index contributed by atoms with van der Waals surface area (Å²) in [4.78, 5) is 27.3. The number of methoxy groups -OCH3 is 1. The fourth-order valence-corrected chi connectivity index (χ4v) is 3.67. The molecule has 1 aromatic carbocycles. The van der Waals surface area contributed by atoms with Crippen molar-refractivity contribution in [1.82, 2.24) is 14.7 Å². The zero-order chi connectivity index (χ0) is 23.5. The topological polar surface area (TPSA) is 76.5 Å². The van der Waals surface area contributed by atoms with Gasteiger partial charge in [0.1, 0.15) is 5.82 Å². The van der Waals surface area contributed by atoms with E-state index in [4.69, 9.17) is 9.84 Å². The molecular weight excluding hydrogens is 404 g/mol. The zero-order valence-electron chi connectivity index (χ0n) is 20.2. The van der Waals surface area contributed by atoms with E-state index in [-0.39, 0.29) is 29.7 Å². The number of carbonyl (C=O) groups excluding carboxylic acids is 2. The van der Waals surface area contributed by atoms with Crippen molar-refractivity contribution in [2.24, 2.45) is 5.92 Å². The summed E-state index contributed by atoms with van der Waals surface area (Å²) >= 11 is 0. The normalized spacial score (nSPS) is 13.8.